The van der Waals surface area contributed by atoms with Crippen LogP contribution in [0.25, 0.3) is 0 Å². The molecule has 0 radical (unpaired) electrons. The molecule has 0 spiro atoms. The molecular formula is C53H102O6. The number of hydrogen-bond acceptors (Lipinski definition) is 6. The van der Waals surface area contributed by atoms with Crippen LogP contribution >= 0.6 is 0 Å². The smallest absolute Gasteiger partial charge is 0.306 e. The van der Waals surface area contributed by atoms with Crippen molar-refractivity contribution >= 4 is 17.9 Å². The topological polar surface area (TPSA) is 78.9 Å². The predicted octanol–water partition coefficient (Wildman–Crippen LogP) is 17.1. The second kappa shape index (κ2) is 47.5. The minimum atomic E-state index is -0.759. The van der Waals surface area contributed by atoms with E-state index in [4.69, 9.17) is 14.2 Å². The van der Waals surface area contributed by atoms with Gasteiger partial charge in [0.05, 0.1) is 0 Å². The maximum absolute atomic E-state index is 12.8. The maximum atomic E-state index is 12.8. The second-order valence-electron chi connectivity index (χ2n) is 18.6. The van der Waals surface area contributed by atoms with Gasteiger partial charge in [-0.15, -0.1) is 0 Å². The molecule has 0 heterocycles. The van der Waals surface area contributed by atoms with Crippen LogP contribution in [-0.2, 0) is 28.6 Å². The van der Waals surface area contributed by atoms with E-state index in [0.29, 0.717) is 19.3 Å². The molecular weight excluding hydrogens is 733 g/mol. The fourth-order valence-corrected chi connectivity index (χ4v) is 8.04. The normalized spacial score (nSPS) is 11.9. The Bertz CT molecular complexity index is 887. The molecule has 0 saturated heterocycles. The van der Waals surface area contributed by atoms with Crippen LogP contribution in [0.1, 0.15) is 297 Å². The van der Waals surface area contributed by atoms with Gasteiger partial charge < -0.3 is 14.2 Å². The molecule has 0 aliphatic carbocycles. The zero-order valence-corrected chi connectivity index (χ0v) is 40.2. The summed E-state index contributed by atoms with van der Waals surface area (Å²) >= 11 is 0. The zero-order valence-electron chi connectivity index (χ0n) is 40.2. The second-order valence-corrected chi connectivity index (χ2v) is 18.6. The number of hydrogen-bond donors (Lipinski definition) is 0. The first kappa shape index (κ1) is 57.4. The van der Waals surface area contributed by atoms with E-state index >= 15 is 0 Å². The fourth-order valence-electron chi connectivity index (χ4n) is 8.04. The Labute approximate surface area is 368 Å². The highest BCUT2D eigenvalue weighted by atomic mass is 16.6. The molecule has 6 nitrogen and oxygen atoms in total. The Morgan fingerprint density at radius 2 is 0.559 bits per heavy atom. The van der Waals surface area contributed by atoms with Gasteiger partial charge in [0.15, 0.2) is 6.10 Å². The van der Waals surface area contributed by atoms with Gasteiger partial charge in [0.2, 0.25) is 0 Å². The fraction of sp³-hybridized carbons (Fsp3) is 0.943. The largest absolute Gasteiger partial charge is 0.462 e. The summed E-state index contributed by atoms with van der Waals surface area (Å²) in [4.78, 5) is 37.9. The van der Waals surface area contributed by atoms with Crippen LogP contribution in [-0.4, -0.2) is 37.2 Å². The Kier molecular flexibility index (Phi) is 46.2. The van der Waals surface area contributed by atoms with E-state index < -0.39 is 6.10 Å². The van der Waals surface area contributed by atoms with Crippen LogP contribution in [0.3, 0.4) is 0 Å². The van der Waals surface area contributed by atoms with Crippen LogP contribution < -0.4 is 0 Å². The van der Waals surface area contributed by atoms with Gasteiger partial charge in [-0.25, -0.2) is 0 Å². The highest BCUT2D eigenvalue weighted by Gasteiger charge is 2.19. The minimum absolute atomic E-state index is 0.0625. The average molecular weight is 835 g/mol. The van der Waals surface area contributed by atoms with Gasteiger partial charge in [-0.2, -0.15) is 0 Å². The highest BCUT2D eigenvalue weighted by Crippen LogP contribution is 2.17. The van der Waals surface area contributed by atoms with Crippen molar-refractivity contribution < 1.29 is 28.6 Å². The molecule has 0 aliphatic heterocycles. The molecule has 0 aromatic carbocycles. The first-order valence-electron chi connectivity index (χ1n) is 26.4. The van der Waals surface area contributed by atoms with E-state index in [1.807, 2.05) is 0 Å². The van der Waals surface area contributed by atoms with Gasteiger partial charge in [0.1, 0.15) is 13.2 Å². The number of esters is 3. The summed E-state index contributed by atoms with van der Waals surface area (Å²) in [6, 6.07) is 0. The van der Waals surface area contributed by atoms with Crippen molar-refractivity contribution in [1.29, 1.82) is 0 Å². The molecule has 59 heavy (non-hydrogen) atoms. The molecule has 0 amide bonds. The highest BCUT2D eigenvalue weighted by molar-refractivity contribution is 5.71. The van der Waals surface area contributed by atoms with Crippen molar-refractivity contribution in [2.45, 2.75) is 303 Å². The van der Waals surface area contributed by atoms with Crippen molar-refractivity contribution in [1.82, 2.24) is 0 Å². The van der Waals surface area contributed by atoms with Crippen molar-refractivity contribution in [2.75, 3.05) is 13.2 Å². The summed E-state index contributed by atoms with van der Waals surface area (Å²) in [6.45, 7) is 9.03. The number of unbranched alkanes of at least 4 members (excludes halogenated alkanes) is 35. The third kappa shape index (κ3) is 47.3. The summed E-state index contributed by atoms with van der Waals surface area (Å²) in [5.41, 5.74) is 0. The Hall–Kier alpha value is -1.59. The Balaban J connectivity index is 4.22. The first-order chi connectivity index (χ1) is 28.9. The van der Waals surface area contributed by atoms with E-state index in [-0.39, 0.29) is 31.1 Å². The monoisotopic (exact) mass is 835 g/mol. The van der Waals surface area contributed by atoms with Crippen LogP contribution in [0.2, 0.25) is 0 Å². The number of ether oxygens (including phenoxy) is 3. The van der Waals surface area contributed by atoms with Crippen LogP contribution in [0.4, 0.5) is 0 Å². The lowest BCUT2D eigenvalue weighted by Crippen LogP contribution is -2.30. The van der Waals surface area contributed by atoms with E-state index in [0.717, 1.165) is 63.7 Å². The molecule has 0 N–H and O–H groups in total. The van der Waals surface area contributed by atoms with Gasteiger partial charge in [0, 0.05) is 19.3 Å². The van der Waals surface area contributed by atoms with Crippen LogP contribution in [0, 0.1) is 5.92 Å². The maximum Gasteiger partial charge on any atom is 0.306 e. The van der Waals surface area contributed by atoms with Crippen molar-refractivity contribution in [3.05, 3.63) is 0 Å². The Morgan fingerprint density at radius 3 is 0.831 bits per heavy atom. The van der Waals surface area contributed by atoms with Crippen LogP contribution in [0.15, 0.2) is 0 Å². The predicted molar refractivity (Wildman–Crippen MR) is 252 cm³/mol. The van der Waals surface area contributed by atoms with Gasteiger partial charge in [-0.05, 0) is 25.2 Å². The lowest BCUT2D eigenvalue weighted by Gasteiger charge is -2.18. The molecule has 0 aromatic rings. The average Bonchev–Trinajstić information content (AvgIpc) is 3.22. The summed E-state index contributed by atoms with van der Waals surface area (Å²) < 4.78 is 16.8. The quantitative estimate of drug-likeness (QED) is 0.0345. The lowest BCUT2D eigenvalue weighted by molar-refractivity contribution is -0.167. The third-order valence-electron chi connectivity index (χ3n) is 12.0. The molecule has 0 unspecified atom stereocenters. The SMILES string of the molecule is CCCCCCCCCCCCCCC(=O)O[C@@H](COC(=O)CCCCCCCCCCCC)COC(=O)CCCCCCCCCCCCCCCCCCC(C)C. The summed E-state index contributed by atoms with van der Waals surface area (Å²) in [5, 5.41) is 0. The lowest BCUT2D eigenvalue weighted by atomic mass is 10.0. The van der Waals surface area contributed by atoms with Gasteiger partial charge in [-0.1, -0.05) is 259 Å². The molecule has 0 rings (SSSR count). The summed E-state index contributed by atoms with van der Waals surface area (Å²) in [7, 11) is 0. The van der Waals surface area contributed by atoms with Gasteiger partial charge in [0.25, 0.3) is 0 Å². The molecule has 0 bridgehead atoms. The molecule has 0 aromatic heterocycles. The van der Waals surface area contributed by atoms with E-state index in [9.17, 15) is 14.4 Å². The van der Waals surface area contributed by atoms with Crippen molar-refractivity contribution in [3.63, 3.8) is 0 Å². The van der Waals surface area contributed by atoms with Crippen molar-refractivity contribution in [3.8, 4) is 0 Å². The van der Waals surface area contributed by atoms with Gasteiger partial charge >= 0.3 is 17.9 Å². The first-order valence-corrected chi connectivity index (χ1v) is 26.4. The summed E-state index contributed by atoms with van der Waals surface area (Å²) in [5.74, 6) is 0.00841. The minimum Gasteiger partial charge on any atom is -0.462 e. The Morgan fingerprint density at radius 1 is 0.322 bits per heavy atom. The van der Waals surface area contributed by atoms with E-state index in [2.05, 4.69) is 27.7 Å². The van der Waals surface area contributed by atoms with Crippen LogP contribution in [0.5, 0.6) is 0 Å². The van der Waals surface area contributed by atoms with E-state index in [1.165, 1.54) is 193 Å². The molecule has 6 heteroatoms. The molecule has 1 atom stereocenters. The number of carbonyl (C=O) groups excluding carboxylic acids is 3. The standard InChI is InChI=1S/C53H102O6/c1-5-7-9-11-13-15-17-25-30-34-38-42-46-53(56)59-50(47-57-51(54)44-40-36-32-28-16-14-12-10-8-6-2)48-58-52(55)45-41-37-33-29-26-23-21-19-18-20-22-24-27-31-35-39-43-49(3)4/h49-50H,5-48H2,1-4H3/t50-/m0/s1. The number of rotatable bonds is 48. The van der Waals surface area contributed by atoms with Gasteiger partial charge in [-0.3, -0.25) is 14.4 Å². The summed E-state index contributed by atoms with van der Waals surface area (Å²) in [6.07, 6.45) is 49.5. The van der Waals surface area contributed by atoms with E-state index in [1.54, 1.807) is 0 Å². The molecule has 350 valence electrons. The van der Waals surface area contributed by atoms with Crippen molar-refractivity contribution in [2.24, 2.45) is 5.92 Å². The third-order valence-corrected chi connectivity index (χ3v) is 12.0. The molecule has 0 aliphatic rings. The molecule has 0 fully saturated rings. The zero-order chi connectivity index (χ0) is 43.1. The molecule has 0 saturated carbocycles. The number of carbonyl (C=O) groups is 3.